The number of hydrogen-bond donors (Lipinski definition) is 3. The van der Waals surface area contributed by atoms with Crippen molar-refractivity contribution in [2.24, 2.45) is 0 Å². The number of nitrogens with zero attached hydrogens (tertiary/aromatic N) is 1. The Kier molecular flexibility index (Phi) is 6.12. The number of ether oxygens (including phenoxy) is 1. The highest BCUT2D eigenvalue weighted by molar-refractivity contribution is 5.91. The number of hydrogen-bond acceptors (Lipinski definition) is 5. The Bertz CT molecular complexity index is 643. The van der Waals surface area contributed by atoms with Gasteiger partial charge in [-0.25, -0.2) is 8.78 Å². The molecule has 0 saturated carbocycles. The molecule has 2 aliphatic heterocycles. The van der Waals surface area contributed by atoms with Gasteiger partial charge in [-0.1, -0.05) is 0 Å². The molecule has 3 N–H and O–H groups in total. The molecule has 3 rings (SSSR count). The van der Waals surface area contributed by atoms with Crippen molar-refractivity contribution in [3.8, 4) is 0 Å². The van der Waals surface area contributed by atoms with Crippen LogP contribution >= 0.6 is 0 Å². The SMILES string of the molecule is O=C(CC1NC(=O)CC(N2CCOC(CF)C2)N1)Nc1ccc(F)cc1. The molecule has 1 aromatic rings. The summed E-state index contributed by atoms with van der Waals surface area (Å²) >= 11 is 0. The largest absolute Gasteiger partial charge is 0.373 e. The number of rotatable bonds is 5. The molecule has 3 unspecified atom stereocenters. The van der Waals surface area contributed by atoms with Gasteiger partial charge in [0.2, 0.25) is 11.8 Å². The number of carbonyl (C=O) groups is 2. The number of morpholine rings is 1. The van der Waals surface area contributed by atoms with Crippen LogP contribution in [0.1, 0.15) is 12.8 Å². The van der Waals surface area contributed by atoms with Crippen LogP contribution in [0, 0.1) is 5.82 Å². The van der Waals surface area contributed by atoms with E-state index in [-0.39, 0.29) is 36.6 Å². The monoisotopic (exact) mass is 368 g/mol. The number of benzene rings is 1. The van der Waals surface area contributed by atoms with Crippen molar-refractivity contribution in [1.82, 2.24) is 15.5 Å². The number of nitrogens with one attached hydrogen (secondary N) is 3. The van der Waals surface area contributed by atoms with Crippen LogP contribution in [0.2, 0.25) is 0 Å². The van der Waals surface area contributed by atoms with Crippen molar-refractivity contribution in [3.63, 3.8) is 0 Å². The summed E-state index contributed by atoms with van der Waals surface area (Å²) < 4.78 is 31.1. The smallest absolute Gasteiger partial charge is 0.227 e. The third kappa shape index (κ3) is 4.96. The Morgan fingerprint density at radius 2 is 2.12 bits per heavy atom. The Labute approximate surface area is 150 Å². The molecule has 0 aromatic heterocycles. The number of carbonyl (C=O) groups excluding carboxylic acids is 2. The Morgan fingerprint density at radius 1 is 1.35 bits per heavy atom. The van der Waals surface area contributed by atoms with Crippen LogP contribution in [-0.2, 0) is 14.3 Å². The minimum absolute atomic E-state index is 0.0243. The second-order valence-electron chi connectivity index (χ2n) is 6.41. The normalized spacial score (nSPS) is 27.0. The highest BCUT2D eigenvalue weighted by atomic mass is 19.1. The second-order valence-corrected chi connectivity index (χ2v) is 6.41. The summed E-state index contributed by atoms with van der Waals surface area (Å²) in [4.78, 5) is 26.1. The van der Waals surface area contributed by atoms with Crippen LogP contribution < -0.4 is 16.0 Å². The quantitative estimate of drug-likeness (QED) is 0.709. The zero-order valence-corrected chi connectivity index (χ0v) is 14.2. The fraction of sp³-hybridized carbons (Fsp3) is 0.529. The van der Waals surface area contributed by atoms with E-state index in [0.29, 0.717) is 25.4 Å². The van der Waals surface area contributed by atoms with Crippen LogP contribution in [-0.4, -0.2) is 61.5 Å². The van der Waals surface area contributed by atoms with Crippen molar-refractivity contribution in [2.75, 3.05) is 31.7 Å². The van der Waals surface area contributed by atoms with Crippen molar-refractivity contribution < 1.29 is 23.1 Å². The van der Waals surface area contributed by atoms with Crippen LogP contribution in [0.25, 0.3) is 0 Å². The maximum Gasteiger partial charge on any atom is 0.227 e. The summed E-state index contributed by atoms with van der Waals surface area (Å²) in [6, 6.07) is 5.44. The first-order valence-corrected chi connectivity index (χ1v) is 8.56. The van der Waals surface area contributed by atoms with Gasteiger partial charge in [0.25, 0.3) is 0 Å². The number of amides is 2. The van der Waals surface area contributed by atoms with Crippen molar-refractivity contribution >= 4 is 17.5 Å². The summed E-state index contributed by atoms with van der Waals surface area (Å²) in [5, 5.41) is 8.61. The van der Waals surface area contributed by atoms with Gasteiger partial charge in [0.1, 0.15) is 12.5 Å². The summed E-state index contributed by atoms with van der Waals surface area (Å²) in [6.45, 7) is 0.828. The summed E-state index contributed by atoms with van der Waals surface area (Å²) in [6.07, 6.45) is -1.04. The van der Waals surface area contributed by atoms with E-state index in [9.17, 15) is 18.4 Å². The molecule has 9 heteroatoms. The maximum atomic E-state index is 12.9. The van der Waals surface area contributed by atoms with Crippen LogP contribution in [0.3, 0.4) is 0 Å². The van der Waals surface area contributed by atoms with Gasteiger partial charge in [0.05, 0.1) is 37.9 Å². The van der Waals surface area contributed by atoms with E-state index in [4.69, 9.17) is 4.74 Å². The lowest BCUT2D eigenvalue weighted by molar-refractivity contribution is -0.129. The van der Waals surface area contributed by atoms with Gasteiger partial charge in [-0.2, -0.15) is 0 Å². The minimum Gasteiger partial charge on any atom is -0.373 e. The second kappa shape index (κ2) is 8.52. The zero-order valence-electron chi connectivity index (χ0n) is 14.2. The van der Waals surface area contributed by atoms with Gasteiger partial charge in [0, 0.05) is 18.8 Å². The molecule has 0 spiro atoms. The molecule has 2 fully saturated rings. The minimum atomic E-state index is -0.571. The van der Waals surface area contributed by atoms with Gasteiger partial charge >= 0.3 is 0 Å². The molecule has 26 heavy (non-hydrogen) atoms. The zero-order chi connectivity index (χ0) is 18.5. The molecular formula is C17H22F2N4O3. The topological polar surface area (TPSA) is 82.7 Å². The van der Waals surface area contributed by atoms with E-state index in [0.717, 1.165) is 0 Å². The lowest BCUT2D eigenvalue weighted by Crippen LogP contribution is -2.64. The maximum absolute atomic E-state index is 12.9. The first-order chi connectivity index (χ1) is 12.5. The Morgan fingerprint density at radius 3 is 2.85 bits per heavy atom. The average Bonchev–Trinajstić information content (AvgIpc) is 2.63. The van der Waals surface area contributed by atoms with Gasteiger partial charge in [-0.15, -0.1) is 0 Å². The fourth-order valence-corrected chi connectivity index (χ4v) is 3.16. The Balaban J connectivity index is 1.55. The molecule has 0 radical (unpaired) electrons. The average molecular weight is 368 g/mol. The molecule has 2 heterocycles. The van der Waals surface area contributed by atoms with E-state index < -0.39 is 18.9 Å². The first-order valence-electron chi connectivity index (χ1n) is 8.56. The highest BCUT2D eigenvalue weighted by Gasteiger charge is 2.33. The lowest BCUT2D eigenvalue weighted by Gasteiger charge is -2.41. The number of halogens is 2. The Hall–Kier alpha value is -2.10. The molecule has 0 aliphatic carbocycles. The summed E-state index contributed by atoms with van der Waals surface area (Å²) in [5.41, 5.74) is 0.481. The van der Waals surface area contributed by atoms with Crippen molar-refractivity contribution in [1.29, 1.82) is 0 Å². The third-order valence-electron chi connectivity index (χ3n) is 4.41. The van der Waals surface area contributed by atoms with Gasteiger partial charge in [-0.3, -0.25) is 19.8 Å². The molecule has 2 saturated heterocycles. The van der Waals surface area contributed by atoms with E-state index in [1.54, 1.807) is 0 Å². The lowest BCUT2D eigenvalue weighted by atomic mass is 10.1. The van der Waals surface area contributed by atoms with Crippen LogP contribution in [0.15, 0.2) is 24.3 Å². The molecule has 3 atom stereocenters. The first kappa shape index (κ1) is 18.7. The molecule has 142 valence electrons. The van der Waals surface area contributed by atoms with E-state index in [1.165, 1.54) is 24.3 Å². The van der Waals surface area contributed by atoms with Crippen LogP contribution in [0.5, 0.6) is 0 Å². The molecule has 0 bridgehead atoms. The molecule has 7 nitrogen and oxygen atoms in total. The molecule has 2 aliphatic rings. The van der Waals surface area contributed by atoms with Gasteiger partial charge in [-0.05, 0) is 24.3 Å². The van der Waals surface area contributed by atoms with E-state index in [1.807, 2.05) is 4.90 Å². The van der Waals surface area contributed by atoms with Gasteiger partial charge in [0.15, 0.2) is 0 Å². The predicted octanol–water partition coefficient (Wildman–Crippen LogP) is 0.586. The van der Waals surface area contributed by atoms with E-state index >= 15 is 0 Å². The van der Waals surface area contributed by atoms with Crippen LogP contribution in [0.4, 0.5) is 14.5 Å². The predicted molar refractivity (Wildman–Crippen MR) is 90.4 cm³/mol. The number of anilines is 1. The molecule has 2 amide bonds. The van der Waals surface area contributed by atoms with Crippen molar-refractivity contribution in [2.45, 2.75) is 31.3 Å². The summed E-state index contributed by atoms with van der Waals surface area (Å²) in [5.74, 6) is -0.862. The highest BCUT2D eigenvalue weighted by Crippen LogP contribution is 2.15. The third-order valence-corrected chi connectivity index (χ3v) is 4.41. The summed E-state index contributed by atoms with van der Waals surface area (Å²) in [7, 11) is 0. The van der Waals surface area contributed by atoms with E-state index in [2.05, 4.69) is 16.0 Å². The molecular weight excluding hydrogens is 346 g/mol. The van der Waals surface area contributed by atoms with Crippen molar-refractivity contribution in [3.05, 3.63) is 30.1 Å². The van der Waals surface area contributed by atoms with Gasteiger partial charge < -0.3 is 15.4 Å². The number of alkyl halides is 1. The molecule has 1 aromatic carbocycles. The standard InChI is InChI=1S/C17H22F2N4O3/c18-9-13-10-23(5-6-26-13)15-8-17(25)22-14(21-15)7-16(24)20-12-3-1-11(19)2-4-12/h1-4,13-15,21H,5-10H2,(H,20,24)(H,22,25). The fourth-order valence-electron chi connectivity index (χ4n) is 3.16.